The molecule has 0 rings (SSSR count). The van der Waals surface area contributed by atoms with Crippen molar-refractivity contribution in [1.29, 1.82) is 0 Å². The van der Waals surface area contributed by atoms with Crippen molar-refractivity contribution in [3.8, 4) is 0 Å². The monoisotopic (exact) mass is 597 g/mol. The van der Waals surface area contributed by atoms with E-state index in [9.17, 15) is 4.79 Å². The van der Waals surface area contributed by atoms with Crippen LogP contribution >= 0.6 is 0 Å². The van der Waals surface area contributed by atoms with Crippen LogP contribution in [0, 0.1) is 0 Å². The minimum absolute atomic E-state index is 0. The minimum Gasteiger partial charge on any atom is -1.00 e. The van der Waals surface area contributed by atoms with Gasteiger partial charge in [0.25, 0.3) is 0 Å². The molecule has 4 heteroatoms. The average Bonchev–Trinajstić information content (AvgIpc) is 2.93. The number of aliphatic carboxylic acids is 1. The standard InChI is InChI=1S/C18H36O2.C18H38O.Ca.2H/c1-2-3-4-5-6-7-8-9-10-11-12-13-14-15-16-17-18(19)20;1-2-3-4-5-6-7-8-9-10-11-12-13-14-15-16-17-18-19;;;/h2-17H2,1H3,(H,19,20);19H,2-18H2,1H3;;;/q;;+2;2*-1. The van der Waals surface area contributed by atoms with Gasteiger partial charge in [0.2, 0.25) is 0 Å². The Morgan fingerprint density at radius 3 is 0.800 bits per heavy atom. The van der Waals surface area contributed by atoms with Crippen LogP contribution in [0.3, 0.4) is 0 Å². The van der Waals surface area contributed by atoms with Gasteiger partial charge in [-0.3, -0.25) is 4.79 Å². The summed E-state index contributed by atoms with van der Waals surface area (Å²) in [7, 11) is 0. The van der Waals surface area contributed by atoms with Gasteiger partial charge in [0.15, 0.2) is 0 Å². The van der Waals surface area contributed by atoms with Crippen molar-refractivity contribution in [2.75, 3.05) is 6.61 Å². The Hall–Kier alpha value is 0.690. The van der Waals surface area contributed by atoms with Crippen molar-refractivity contribution in [3.63, 3.8) is 0 Å². The van der Waals surface area contributed by atoms with E-state index in [1.54, 1.807) is 0 Å². The summed E-state index contributed by atoms with van der Waals surface area (Å²) < 4.78 is 0. The van der Waals surface area contributed by atoms with Crippen LogP contribution in [0.2, 0.25) is 0 Å². The second-order valence-electron chi connectivity index (χ2n) is 12.1. The van der Waals surface area contributed by atoms with Crippen molar-refractivity contribution >= 4 is 43.7 Å². The summed E-state index contributed by atoms with van der Waals surface area (Å²) >= 11 is 0. The number of hydrogen-bond acceptors (Lipinski definition) is 2. The molecule has 0 atom stereocenters. The van der Waals surface area contributed by atoms with E-state index in [-0.39, 0.29) is 40.6 Å². The predicted octanol–water partition coefficient (Wildman–Crippen LogP) is 12.4. The molecule has 0 aliphatic carbocycles. The van der Waals surface area contributed by atoms with Crippen molar-refractivity contribution in [2.24, 2.45) is 0 Å². The van der Waals surface area contributed by atoms with Gasteiger partial charge in [-0.1, -0.05) is 200 Å². The predicted molar refractivity (Wildman–Crippen MR) is 182 cm³/mol. The Labute approximate surface area is 285 Å². The molecule has 0 spiro atoms. The Morgan fingerprint density at radius 2 is 0.600 bits per heavy atom. The van der Waals surface area contributed by atoms with Crippen LogP contribution in [0.5, 0.6) is 0 Å². The molecule has 2 N–H and O–H groups in total. The zero-order valence-electron chi connectivity index (χ0n) is 29.8. The quantitative estimate of drug-likeness (QED) is 0.0600. The second-order valence-corrected chi connectivity index (χ2v) is 12.1. The molecule has 0 aliphatic rings. The normalized spacial score (nSPS) is 10.7. The van der Waals surface area contributed by atoms with Crippen LogP contribution in [-0.2, 0) is 4.79 Å². The first kappa shape index (κ1) is 45.1. The minimum atomic E-state index is -0.653. The van der Waals surface area contributed by atoms with Crippen LogP contribution in [0.15, 0.2) is 0 Å². The number of aliphatic hydroxyl groups is 1. The molecule has 0 aromatic rings. The van der Waals surface area contributed by atoms with Crippen molar-refractivity contribution in [2.45, 2.75) is 219 Å². The van der Waals surface area contributed by atoms with E-state index >= 15 is 0 Å². The number of carboxylic acid groups (broad SMARTS) is 1. The molecular formula is C36H76CaO3. The molecule has 0 amide bonds. The van der Waals surface area contributed by atoms with Crippen molar-refractivity contribution in [1.82, 2.24) is 0 Å². The molecule has 0 saturated carbocycles. The van der Waals surface area contributed by atoms with Gasteiger partial charge in [-0.15, -0.1) is 0 Å². The molecule has 0 fully saturated rings. The van der Waals surface area contributed by atoms with E-state index in [0.29, 0.717) is 13.0 Å². The largest absolute Gasteiger partial charge is 2.00 e. The van der Waals surface area contributed by atoms with Crippen LogP contribution < -0.4 is 0 Å². The molecule has 40 heavy (non-hydrogen) atoms. The maximum Gasteiger partial charge on any atom is 2.00 e. The summed E-state index contributed by atoms with van der Waals surface area (Å²) in [6, 6.07) is 0. The van der Waals surface area contributed by atoms with Crippen LogP contribution in [0.4, 0.5) is 0 Å². The molecule has 3 nitrogen and oxygen atoms in total. The summed E-state index contributed by atoms with van der Waals surface area (Å²) in [6.07, 6.45) is 42.4. The van der Waals surface area contributed by atoms with Gasteiger partial charge < -0.3 is 13.1 Å². The van der Waals surface area contributed by atoms with E-state index in [1.807, 2.05) is 0 Å². The van der Waals surface area contributed by atoms with Crippen LogP contribution in [-0.4, -0.2) is 60.5 Å². The van der Waals surface area contributed by atoms with Gasteiger partial charge in [0.1, 0.15) is 0 Å². The first-order chi connectivity index (χ1) is 19.2. The zero-order valence-corrected chi connectivity index (χ0v) is 30.1. The molecule has 0 unspecified atom stereocenters. The van der Waals surface area contributed by atoms with E-state index < -0.39 is 5.97 Å². The summed E-state index contributed by atoms with van der Waals surface area (Å²) in [6.45, 7) is 4.93. The van der Waals surface area contributed by atoms with E-state index in [2.05, 4.69) is 13.8 Å². The topological polar surface area (TPSA) is 57.5 Å². The third-order valence-electron chi connectivity index (χ3n) is 8.01. The number of hydrogen-bond donors (Lipinski definition) is 2. The van der Waals surface area contributed by atoms with Gasteiger partial charge >= 0.3 is 43.7 Å². The fourth-order valence-electron chi connectivity index (χ4n) is 5.31. The smallest absolute Gasteiger partial charge is 1.00 e. The molecule has 0 radical (unpaired) electrons. The molecule has 0 bridgehead atoms. The first-order valence-corrected chi connectivity index (χ1v) is 18.0. The molecule has 0 aromatic carbocycles. The molecule has 240 valence electrons. The van der Waals surface area contributed by atoms with Gasteiger partial charge in [0, 0.05) is 13.0 Å². The average molecular weight is 597 g/mol. The third kappa shape index (κ3) is 48.4. The van der Waals surface area contributed by atoms with Crippen LogP contribution in [0.1, 0.15) is 222 Å². The number of carbonyl (C=O) groups is 1. The van der Waals surface area contributed by atoms with Gasteiger partial charge in [-0.2, -0.15) is 0 Å². The number of rotatable bonds is 32. The van der Waals surface area contributed by atoms with Crippen molar-refractivity contribution < 1.29 is 17.9 Å². The van der Waals surface area contributed by atoms with E-state index in [4.69, 9.17) is 10.2 Å². The molecule has 0 aromatic heterocycles. The van der Waals surface area contributed by atoms with Gasteiger partial charge in [0.05, 0.1) is 0 Å². The van der Waals surface area contributed by atoms with Gasteiger partial charge in [-0.25, -0.2) is 0 Å². The Morgan fingerprint density at radius 1 is 0.400 bits per heavy atom. The van der Waals surface area contributed by atoms with Gasteiger partial charge in [-0.05, 0) is 12.8 Å². The van der Waals surface area contributed by atoms with E-state index in [1.165, 1.54) is 180 Å². The Balaban J connectivity index is -0.000000203. The maximum atomic E-state index is 10.3. The summed E-state index contributed by atoms with van der Waals surface area (Å²) in [5, 5.41) is 17.2. The zero-order chi connectivity index (χ0) is 28.9. The Bertz CT molecular complexity index is 426. The number of carboxylic acids is 1. The summed E-state index contributed by atoms with van der Waals surface area (Å²) in [5.41, 5.74) is 0. The molecule has 0 heterocycles. The molecular weight excluding hydrogens is 520 g/mol. The summed E-state index contributed by atoms with van der Waals surface area (Å²) in [4.78, 5) is 10.3. The third-order valence-corrected chi connectivity index (χ3v) is 8.01. The first-order valence-electron chi connectivity index (χ1n) is 18.0. The molecule has 0 aliphatic heterocycles. The number of aliphatic hydroxyl groups excluding tert-OH is 1. The fraction of sp³-hybridized carbons (Fsp3) is 0.972. The second kappa shape index (κ2) is 44.1. The molecule has 0 saturated heterocycles. The number of unbranched alkanes of at least 4 members (excludes halogenated alkanes) is 29. The summed E-state index contributed by atoms with van der Waals surface area (Å²) in [5.74, 6) is -0.653. The van der Waals surface area contributed by atoms with Crippen molar-refractivity contribution in [3.05, 3.63) is 0 Å². The fourth-order valence-corrected chi connectivity index (χ4v) is 5.31. The Kier molecular flexibility index (Phi) is 49.8. The maximum absolute atomic E-state index is 10.3. The van der Waals surface area contributed by atoms with Crippen LogP contribution in [0.25, 0.3) is 0 Å². The SMILES string of the molecule is CCCCCCCCCCCCCCCCCC(=O)O.CCCCCCCCCCCCCCCCCCO.[Ca+2].[H-].[H-]. The van der Waals surface area contributed by atoms with E-state index in [0.717, 1.165) is 19.3 Å².